The van der Waals surface area contributed by atoms with Crippen LogP contribution in [0.4, 0.5) is 18.2 Å². The number of anilines is 1. The van der Waals surface area contributed by atoms with Gasteiger partial charge in [-0.05, 0) is 19.1 Å². The Labute approximate surface area is 207 Å². The van der Waals surface area contributed by atoms with E-state index in [0.29, 0.717) is 52.7 Å². The third kappa shape index (κ3) is 4.55. The summed E-state index contributed by atoms with van der Waals surface area (Å²) in [5.74, 6) is -0.115. The molecule has 0 N–H and O–H groups in total. The van der Waals surface area contributed by atoms with E-state index in [1.807, 2.05) is 17.9 Å². The fourth-order valence-electron chi connectivity index (χ4n) is 4.14. The van der Waals surface area contributed by atoms with E-state index in [1.54, 1.807) is 28.1 Å². The number of ether oxygens (including phenoxy) is 1. The molecule has 1 atom stereocenters. The maximum absolute atomic E-state index is 13.5. The lowest BCUT2D eigenvalue weighted by molar-refractivity contribution is -0.137. The number of carbonyl (C=O) groups is 1. The SMILES string of the molecule is COc1ncc(-c2nc(C(F)(F)F)sc2N2CCN(C(=O)Cn3cnc4cccnc43)[C@H](C)C2)cn1. The van der Waals surface area contributed by atoms with E-state index in [2.05, 4.69) is 24.9 Å². The Morgan fingerprint density at radius 3 is 2.67 bits per heavy atom. The molecule has 0 saturated carbocycles. The van der Waals surface area contributed by atoms with Crippen molar-refractivity contribution in [2.24, 2.45) is 0 Å². The minimum atomic E-state index is -4.59. The molecule has 5 heterocycles. The number of methoxy groups -OCH3 is 1. The van der Waals surface area contributed by atoms with Crippen LogP contribution in [0.1, 0.15) is 11.9 Å². The number of amides is 1. The standard InChI is InChI=1S/C22H21F3N8O2S/c1-13-10-31(6-7-33(13)16(34)11-32-12-29-15-4-3-5-26-18(15)32)19-17(30-20(36-19)22(23,24)25)14-8-27-21(35-2)28-9-14/h3-5,8-9,12-13H,6-7,10-11H2,1-2H3/t13-/m1/s1. The fourth-order valence-corrected chi connectivity index (χ4v) is 5.13. The lowest BCUT2D eigenvalue weighted by Gasteiger charge is -2.40. The summed E-state index contributed by atoms with van der Waals surface area (Å²) in [4.78, 5) is 37.1. The van der Waals surface area contributed by atoms with Crippen molar-refractivity contribution in [3.8, 4) is 17.3 Å². The predicted molar refractivity (Wildman–Crippen MR) is 126 cm³/mol. The molecule has 1 aliphatic rings. The molecule has 36 heavy (non-hydrogen) atoms. The summed E-state index contributed by atoms with van der Waals surface area (Å²) in [5, 5.41) is -0.589. The van der Waals surface area contributed by atoms with E-state index >= 15 is 0 Å². The highest BCUT2D eigenvalue weighted by molar-refractivity contribution is 7.16. The van der Waals surface area contributed by atoms with Gasteiger partial charge < -0.3 is 19.1 Å². The van der Waals surface area contributed by atoms with Crippen molar-refractivity contribution in [1.29, 1.82) is 0 Å². The molecular formula is C22H21F3N8O2S. The Kier molecular flexibility index (Phi) is 6.20. The van der Waals surface area contributed by atoms with Gasteiger partial charge in [-0.1, -0.05) is 11.3 Å². The first-order valence-corrected chi connectivity index (χ1v) is 11.8. The molecule has 5 rings (SSSR count). The third-order valence-electron chi connectivity index (χ3n) is 5.85. The average Bonchev–Trinajstić information content (AvgIpc) is 3.49. The van der Waals surface area contributed by atoms with Gasteiger partial charge in [-0.2, -0.15) is 13.2 Å². The lowest BCUT2D eigenvalue weighted by atomic mass is 10.1. The van der Waals surface area contributed by atoms with Gasteiger partial charge in [0.1, 0.15) is 22.8 Å². The molecule has 10 nitrogen and oxygen atoms in total. The first-order valence-electron chi connectivity index (χ1n) is 11.0. The van der Waals surface area contributed by atoms with E-state index in [9.17, 15) is 18.0 Å². The maximum Gasteiger partial charge on any atom is 0.443 e. The average molecular weight is 519 g/mol. The first-order chi connectivity index (χ1) is 17.2. The molecule has 0 unspecified atom stereocenters. The fraction of sp³-hybridized carbons (Fsp3) is 0.364. The summed E-state index contributed by atoms with van der Waals surface area (Å²) < 4.78 is 47.2. The summed E-state index contributed by atoms with van der Waals surface area (Å²) in [6.45, 7) is 2.99. The second-order valence-electron chi connectivity index (χ2n) is 8.23. The van der Waals surface area contributed by atoms with Crippen LogP contribution in [0.25, 0.3) is 22.4 Å². The van der Waals surface area contributed by atoms with Gasteiger partial charge in [0.05, 0.1) is 13.4 Å². The van der Waals surface area contributed by atoms with Crippen molar-refractivity contribution < 1.29 is 22.7 Å². The van der Waals surface area contributed by atoms with E-state index in [1.165, 1.54) is 19.5 Å². The van der Waals surface area contributed by atoms with Crippen LogP contribution in [-0.2, 0) is 17.5 Å². The van der Waals surface area contributed by atoms with Crippen molar-refractivity contribution in [2.45, 2.75) is 25.7 Å². The summed E-state index contributed by atoms with van der Waals surface area (Å²) in [6.07, 6.45) is 1.40. The highest BCUT2D eigenvalue weighted by Gasteiger charge is 2.38. The monoisotopic (exact) mass is 518 g/mol. The Morgan fingerprint density at radius 2 is 1.97 bits per heavy atom. The lowest BCUT2D eigenvalue weighted by Crippen LogP contribution is -2.54. The highest BCUT2D eigenvalue weighted by atomic mass is 32.1. The van der Waals surface area contributed by atoms with Crippen LogP contribution in [0.15, 0.2) is 37.1 Å². The number of alkyl halides is 3. The van der Waals surface area contributed by atoms with Gasteiger partial charge in [0.2, 0.25) is 10.9 Å². The number of pyridine rings is 1. The van der Waals surface area contributed by atoms with Crippen LogP contribution in [0, 0.1) is 0 Å². The molecule has 1 aliphatic heterocycles. The van der Waals surface area contributed by atoms with Crippen molar-refractivity contribution in [3.05, 3.63) is 42.1 Å². The molecule has 0 aliphatic carbocycles. The van der Waals surface area contributed by atoms with Crippen LogP contribution in [-0.4, -0.2) is 73.1 Å². The summed E-state index contributed by atoms with van der Waals surface area (Å²) >= 11 is 0.574. The number of halogens is 3. The van der Waals surface area contributed by atoms with Gasteiger partial charge in [-0.25, -0.2) is 24.9 Å². The summed E-state index contributed by atoms with van der Waals surface area (Å²) in [5.41, 5.74) is 1.82. The normalized spacial score (nSPS) is 16.5. The van der Waals surface area contributed by atoms with Gasteiger partial charge >= 0.3 is 12.2 Å². The second-order valence-corrected chi connectivity index (χ2v) is 9.21. The molecule has 4 aromatic heterocycles. The minimum Gasteiger partial charge on any atom is -0.467 e. The quantitative estimate of drug-likeness (QED) is 0.397. The number of nitrogens with zero attached hydrogens (tertiary/aromatic N) is 8. The number of carbonyl (C=O) groups excluding carboxylic acids is 1. The number of hydrogen-bond acceptors (Lipinski definition) is 9. The highest BCUT2D eigenvalue weighted by Crippen LogP contribution is 2.43. The molecule has 0 radical (unpaired) electrons. The third-order valence-corrected chi connectivity index (χ3v) is 7.01. The molecule has 0 bridgehead atoms. The van der Waals surface area contributed by atoms with Crippen molar-refractivity contribution in [1.82, 2.24) is 34.4 Å². The molecule has 1 saturated heterocycles. The molecule has 0 spiro atoms. The molecule has 188 valence electrons. The minimum absolute atomic E-state index is 0.0745. The van der Waals surface area contributed by atoms with Crippen molar-refractivity contribution in [3.63, 3.8) is 0 Å². The van der Waals surface area contributed by atoms with Crippen molar-refractivity contribution >= 4 is 33.4 Å². The van der Waals surface area contributed by atoms with Crippen LogP contribution in [0.3, 0.4) is 0 Å². The maximum atomic E-state index is 13.5. The Morgan fingerprint density at radius 1 is 1.19 bits per heavy atom. The van der Waals surface area contributed by atoms with Gasteiger partial charge in [-0.15, -0.1) is 0 Å². The van der Waals surface area contributed by atoms with Crippen molar-refractivity contribution in [2.75, 3.05) is 31.6 Å². The topological polar surface area (TPSA) is 102 Å². The number of rotatable bonds is 5. The molecule has 0 aromatic carbocycles. The Balaban J connectivity index is 1.36. The molecule has 1 amide bonds. The Bertz CT molecular complexity index is 1390. The van der Waals surface area contributed by atoms with E-state index in [0.717, 1.165) is 0 Å². The Hall–Kier alpha value is -3.81. The number of piperazine rings is 1. The number of hydrogen-bond donors (Lipinski definition) is 0. The predicted octanol–water partition coefficient (Wildman–Crippen LogP) is 3.11. The van der Waals surface area contributed by atoms with Crippen LogP contribution in [0.2, 0.25) is 0 Å². The van der Waals surface area contributed by atoms with Crippen LogP contribution < -0.4 is 9.64 Å². The molecular weight excluding hydrogens is 497 g/mol. The zero-order valence-corrected chi connectivity index (χ0v) is 20.1. The number of aromatic nitrogens is 6. The second kappa shape index (κ2) is 9.33. The zero-order valence-electron chi connectivity index (χ0n) is 19.3. The van der Waals surface area contributed by atoms with Gasteiger partial charge in [0.25, 0.3) is 0 Å². The molecule has 1 fully saturated rings. The van der Waals surface area contributed by atoms with E-state index < -0.39 is 11.2 Å². The summed E-state index contributed by atoms with van der Waals surface area (Å²) in [7, 11) is 1.40. The zero-order chi connectivity index (χ0) is 25.4. The first kappa shape index (κ1) is 23.9. The number of fused-ring (bicyclic) bond motifs is 1. The van der Waals surface area contributed by atoms with Gasteiger partial charge in [-0.3, -0.25) is 4.79 Å². The largest absolute Gasteiger partial charge is 0.467 e. The summed E-state index contributed by atoms with van der Waals surface area (Å²) in [6, 6.07) is 3.46. The van der Waals surface area contributed by atoms with Crippen LogP contribution >= 0.6 is 11.3 Å². The smallest absolute Gasteiger partial charge is 0.443 e. The molecule has 14 heteroatoms. The van der Waals surface area contributed by atoms with E-state index in [-0.39, 0.29) is 30.2 Å². The van der Waals surface area contributed by atoms with Gasteiger partial charge in [0.15, 0.2) is 5.65 Å². The molecule has 4 aromatic rings. The number of thiazole rings is 1. The van der Waals surface area contributed by atoms with E-state index in [4.69, 9.17) is 4.74 Å². The van der Waals surface area contributed by atoms with Crippen LogP contribution in [0.5, 0.6) is 6.01 Å². The van der Waals surface area contributed by atoms with Gasteiger partial charge in [0, 0.05) is 49.8 Å². The number of imidazole rings is 1.